The Morgan fingerprint density at radius 1 is 1.44 bits per heavy atom. The molecule has 0 aliphatic rings. The summed E-state index contributed by atoms with van der Waals surface area (Å²) in [7, 11) is 1.67. The van der Waals surface area contributed by atoms with Crippen LogP contribution < -0.4 is 0 Å². The maximum atomic E-state index is 12.1. The second-order valence-electron chi connectivity index (χ2n) is 4.53. The lowest BCUT2D eigenvalue weighted by Gasteiger charge is -2.19. The molecule has 18 heavy (non-hydrogen) atoms. The number of hydrogen-bond acceptors (Lipinski definition) is 3. The van der Waals surface area contributed by atoms with Crippen LogP contribution in [0, 0.1) is 0 Å². The van der Waals surface area contributed by atoms with E-state index in [1.54, 1.807) is 26.1 Å². The lowest BCUT2D eigenvalue weighted by atomic mass is 10.1. The number of phenols is 1. The van der Waals surface area contributed by atoms with E-state index in [9.17, 15) is 15.0 Å². The Kier molecular flexibility index (Phi) is 5.16. The lowest BCUT2D eigenvalue weighted by Crippen LogP contribution is -2.29. The van der Waals surface area contributed by atoms with Crippen LogP contribution in [0.25, 0.3) is 0 Å². The van der Waals surface area contributed by atoms with Crippen molar-refractivity contribution in [1.82, 2.24) is 4.90 Å². The summed E-state index contributed by atoms with van der Waals surface area (Å²) in [5.74, 6) is -0.155. The Hall–Kier alpha value is -1.55. The molecule has 0 fully saturated rings. The molecule has 4 nitrogen and oxygen atoms in total. The van der Waals surface area contributed by atoms with Crippen molar-refractivity contribution in [2.45, 2.75) is 32.8 Å². The molecule has 0 heterocycles. The number of aryl methyl sites for hydroxylation is 1. The first-order valence-electron chi connectivity index (χ1n) is 6.21. The van der Waals surface area contributed by atoms with Crippen molar-refractivity contribution in [3.63, 3.8) is 0 Å². The summed E-state index contributed by atoms with van der Waals surface area (Å²) < 4.78 is 0. The van der Waals surface area contributed by atoms with Gasteiger partial charge in [-0.05, 0) is 31.4 Å². The quantitative estimate of drug-likeness (QED) is 0.839. The molecule has 1 aromatic carbocycles. The van der Waals surface area contributed by atoms with Crippen LogP contribution in [-0.4, -0.2) is 40.7 Å². The fourth-order valence-corrected chi connectivity index (χ4v) is 1.74. The summed E-state index contributed by atoms with van der Waals surface area (Å²) >= 11 is 0. The number of carbonyl (C=O) groups excluding carboxylic acids is 1. The van der Waals surface area contributed by atoms with Gasteiger partial charge in [-0.25, -0.2) is 0 Å². The van der Waals surface area contributed by atoms with Gasteiger partial charge in [0.2, 0.25) is 0 Å². The second-order valence-corrected chi connectivity index (χ2v) is 4.53. The molecule has 1 amide bonds. The van der Waals surface area contributed by atoms with Crippen LogP contribution in [0.1, 0.15) is 36.2 Å². The Labute approximate surface area is 108 Å². The molecule has 1 unspecified atom stereocenters. The monoisotopic (exact) mass is 251 g/mol. The third-order valence-corrected chi connectivity index (χ3v) is 2.96. The molecule has 1 atom stereocenters. The molecule has 0 saturated carbocycles. The zero-order chi connectivity index (χ0) is 13.7. The van der Waals surface area contributed by atoms with E-state index in [0.717, 1.165) is 5.56 Å². The number of aromatic hydroxyl groups is 1. The molecule has 4 heteroatoms. The molecule has 0 bridgehead atoms. The summed E-state index contributed by atoms with van der Waals surface area (Å²) in [6.45, 7) is 4.08. The molecular formula is C14H21NO3. The number of nitrogens with zero attached hydrogens (tertiary/aromatic N) is 1. The van der Waals surface area contributed by atoms with Gasteiger partial charge in [0, 0.05) is 13.6 Å². The van der Waals surface area contributed by atoms with E-state index in [2.05, 4.69) is 0 Å². The van der Waals surface area contributed by atoms with Crippen molar-refractivity contribution in [3.8, 4) is 5.75 Å². The zero-order valence-corrected chi connectivity index (χ0v) is 11.2. The van der Waals surface area contributed by atoms with Gasteiger partial charge in [0.25, 0.3) is 5.91 Å². The van der Waals surface area contributed by atoms with Gasteiger partial charge in [0.15, 0.2) is 0 Å². The normalized spacial score (nSPS) is 12.2. The molecule has 0 aromatic heterocycles. The number of para-hydroxylation sites is 1. The van der Waals surface area contributed by atoms with Crippen molar-refractivity contribution in [2.75, 3.05) is 13.6 Å². The minimum absolute atomic E-state index is 0.0638. The van der Waals surface area contributed by atoms with E-state index in [1.165, 1.54) is 4.90 Å². The van der Waals surface area contributed by atoms with E-state index in [-0.39, 0.29) is 11.7 Å². The van der Waals surface area contributed by atoms with Crippen LogP contribution in [0.5, 0.6) is 5.75 Å². The van der Waals surface area contributed by atoms with Gasteiger partial charge in [-0.1, -0.05) is 19.1 Å². The average Bonchev–Trinajstić information content (AvgIpc) is 2.35. The maximum absolute atomic E-state index is 12.1. The van der Waals surface area contributed by atoms with Crippen LogP contribution in [-0.2, 0) is 6.42 Å². The number of amides is 1. The summed E-state index contributed by atoms with van der Waals surface area (Å²) in [5.41, 5.74) is 1.09. The molecule has 0 radical (unpaired) electrons. The van der Waals surface area contributed by atoms with Crippen LogP contribution in [0.15, 0.2) is 18.2 Å². The van der Waals surface area contributed by atoms with Crippen LogP contribution in [0.4, 0.5) is 0 Å². The number of carbonyl (C=O) groups is 1. The molecule has 2 N–H and O–H groups in total. The van der Waals surface area contributed by atoms with Crippen molar-refractivity contribution in [2.24, 2.45) is 0 Å². The van der Waals surface area contributed by atoms with Crippen molar-refractivity contribution < 1.29 is 15.0 Å². The minimum atomic E-state index is -0.434. The van der Waals surface area contributed by atoms with Gasteiger partial charge in [-0.3, -0.25) is 4.79 Å². The topological polar surface area (TPSA) is 60.8 Å². The van der Waals surface area contributed by atoms with Crippen LogP contribution in [0.2, 0.25) is 0 Å². The Morgan fingerprint density at radius 3 is 2.67 bits per heavy atom. The number of hydrogen-bond donors (Lipinski definition) is 2. The highest BCUT2D eigenvalue weighted by molar-refractivity contribution is 5.97. The van der Waals surface area contributed by atoms with E-state index in [4.69, 9.17) is 0 Å². The zero-order valence-electron chi connectivity index (χ0n) is 11.2. The lowest BCUT2D eigenvalue weighted by molar-refractivity contribution is 0.0766. The van der Waals surface area contributed by atoms with E-state index in [1.807, 2.05) is 13.0 Å². The van der Waals surface area contributed by atoms with Gasteiger partial charge in [-0.2, -0.15) is 0 Å². The molecule has 1 aromatic rings. The molecule has 0 aliphatic carbocycles. The number of aliphatic hydroxyl groups excluding tert-OH is 1. The first kappa shape index (κ1) is 14.5. The average molecular weight is 251 g/mol. The van der Waals surface area contributed by atoms with Crippen molar-refractivity contribution in [1.29, 1.82) is 0 Å². The molecule has 1 rings (SSSR count). The number of benzene rings is 1. The standard InChI is InChI=1S/C14H21NO3/c1-4-11-6-5-7-12(13(11)17)14(18)15(3)9-8-10(2)16/h5-7,10,16-17H,4,8-9H2,1-3H3. The fraction of sp³-hybridized carbons (Fsp3) is 0.500. The summed E-state index contributed by atoms with van der Waals surface area (Å²) in [4.78, 5) is 13.6. The summed E-state index contributed by atoms with van der Waals surface area (Å²) in [5, 5.41) is 19.2. The Bertz CT molecular complexity index is 416. The molecule has 0 spiro atoms. The largest absolute Gasteiger partial charge is 0.507 e. The third kappa shape index (κ3) is 3.47. The van der Waals surface area contributed by atoms with Crippen molar-refractivity contribution >= 4 is 5.91 Å². The fourth-order valence-electron chi connectivity index (χ4n) is 1.74. The number of rotatable bonds is 5. The third-order valence-electron chi connectivity index (χ3n) is 2.96. The van der Waals surface area contributed by atoms with Crippen LogP contribution >= 0.6 is 0 Å². The molecule has 100 valence electrons. The molecule has 0 aliphatic heterocycles. The summed E-state index contributed by atoms with van der Waals surface area (Å²) in [6, 6.07) is 5.20. The van der Waals surface area contributed by atoms with Crippen LogP contribution in [0.3, 0.4) is 0 Å². The predicted octanol–water partition coefficient (Wildman–Crippen LogP) is 1.80. The van der Waals surface area contributed by atoms with Gasteiger partial charge in [-0.15, -0.1) is 0 Å². The highest BCUT2D eigenvalue weighted by atomic mass is 16.3. The maximum Gasteiger partial charge on any atom is 0.257 e. The van der Waals surface area contributed by atoms with Gasteiger partial charge < -0.3 is 15.1 Å². The van der Waals surface area contributed by atoms with Gasteiger partial charge >= 0.3 is 0 Å². The molecular weight excluding hydrogens is 230 g/mol. The minimum Gasteiger partial charge on any atom is -0.507 e. The number of aliphatic hydroxyl groups is 1. The van der Waals surface area contributed by atoms with Crippen molar-refractivity contribution in [3.05, 3.63) is 29.3 Å². The summed E-state index contributed by atoms with van der Waals surface area (Å²) in [6.07, 6.45) is 0.775. The first-order chi connectivity index (χ1) is 8.47. The SMILES string of the molecule is CCc1cccc(C(=O)N(C)CCC(C)O)c1O. The Morgan fingerprint density at radius 2 is 2.11 bits per heavy atom. The molecule has 0 saturated heterocycles. The van der Waals surface area contributed by atoms with Gasteiger partial charge in [0.05, 0.1) is 11.7 Å². The predicted molar refractivity (Wildman–Crippen MR) is 70.7 cm³/mol. The Balaban J connectivity index is 2.83. The highest BCUT2D eigenvalue weighted by Crippen LogP contribution is 2.24. The second kappa shape index (κ2) is 6.40. The van der Waals surface area contributed by atoms with E-state index < -0.39 is 6.10 Å². The van der Waals surface area contributed by atoms with Gasteiger partial charge in [0.1, 0.15) is 5.75 Å². The number of phenolic OH excluding ortho intramolecular Hbond substituents is 1. The van der Waals surface area contributed by atoms with E-state index in [0.29, 0.717) is 24.9 Å². The highest BCUT2D eigenvalue weighted by Gasteiger charge is 2.17. The first-order valence-corrected chi connectivity index (χ1v) is 6.21. The van der Waals surface area contributed by atoms with E-state index >= 15 is 0 Å². The smallest absolute Gasteiger partial charge is 0.257 e.